The molecule has 1 aromatic carbocycles. The minimum absolute atomic E-state index is 0.0585. The fraction of sp³-hybridized carbons (Fsp3) is 0.562. The van der Waals surface area contributed by atoms with Gasteiger partial charge in [0.2, 0.25) is 0 Å². The van der Waals surface area contributed by atoms with E-state index in [4.69, 9.17) is 0 Å². The molecule has 0 aliphatic carbocycles. The summed E-state index contributed by atoms with van der Waals surface area (Å²) in [6.45, 7) is 7.17. The van der Waals surface area contributed by atoms with E-state index in [1.54, 1.807) is 0 Å². The van der Waals surface area contributed by atoms with Crippen molar-refractivity contribution in [2.45, 2.75) is 45.3 Å². The van der Waals surface area contributed by atoms with Crippen LogP contribution in [0.3, 0.4) is 0 Å². The lowest BCUT2D eigenvalue weighted by Gasteiger charge is -2.34. The van der Waals surface area contributed by atoms with Gasteiger partial charge < -0.3 is 15.5 Å². The molecule has 0 radical (unpaired) electrons. The van der Waals surface area contributed by atoms with Crippen LogP contribution in [0.25, 0.3) is 0 Å². The first-order valence-electron chi connectivity index (χ1n) is 7.47. The Morgan fingerprint density at radius 1 is 1.25 bits per heavy atom. The van der Waals surface area contributed by atoms with E-state index >= 15 is 0 Å². The van der Waals surface area contributed by atoms with Gasteiger partial charge in [0.25, 0.3) is 0 Å². The van der Waals surface area contributed by atoms with Crippen LogP contribution in [0, 0.1) is 0 Å². The van der Waals surface area contributed by atoms with Gasteiger partial charge in [-0.3, -0.25) is 0 Å². The number of carbonyl (C=O) groups is 1. The summed E-state index contributed by atoms with van der Waals surface area (Å²) >= 11 is 0. The highest BCUT2D eigenvalue weighted by Crippen LogP contribution is 2.12. The predicted molar refractivity (Wildman–Crippen MR) is 81.5 cm³/mol. The van der Waals surface area contributed by atoms with Crippen molar-refractivity contribution >= 4 is 6.03 Å². The molecule has 4 nitrogen and oxygen atoms in total. The third-order valence-corrected chi connectivity index (χ3v) is 3.89. The minimum atomic E-state index is -0.0585. The molecule has 0 bridgehead atoms. The van der Waals surface area contributed by atoms with Crippen molar-refractivity contribution in [3.8, 4) is 0 Å². The second-order valence-corrected chi connectivity index (χ2v) is 5.72. The maximum absolute atomic E-state index is 11.9. The lowest BCUT2D eigenvalue weighted by Crippen LogP contribution is -2.49. The van der Waals surface area contributed by atoms with E-state index in [2.05, 4.69) is 29.4 Å². The summed E-state index contributed by atoms with van der Waals surface area (Å²) in [7, 11) is 0. The molecule has 110 valence electrons. The number of likely N-dealkylation sites (tertiary alicyclic amines) is 1. The van der Waals surface area contributed by atoms with E-state index in [0.29, 0.717) is 18.6 Å². The van der Waals surface area contributed by atoms with E-state index in [9.17, 15) is 4.79 Å². The Labute approximate surface area is 121 Å². The molecule has 20 heavy (non-hydrogen) atoms. The molecule has 1 aliphatic heterocycles. The summed E-state index contributed by atoms with van der Waals surface area (Å²) in [5.74, 6) is 0. The number of carbonyl (C=O) groups excluding carboxylic acids is 1. The summed E-state index contributed by atoms with van der Waals surface area (Å²) in [5, 5.41) is 5.99. The van der Waals surface area contributed by atoms with E-state index in [-0.39, 0.29) is 6.03 Å². The first-order chi connectivity index (χ1) is 9.65. The number of hydrogen-bond acceptors (Lipinski definition) is 2. The van der Waals surface area contributed by atoms with Crippen molar-refractivity contribution in [3.63, 3.8) is 0 Å². The summed E-state index contributed by atoms with van der Waals surface area (Å²) in [6, 6.07) is 10.8. The van der Waals surface area contributed by atoms with E-state index in [0.717, 1.165) is 31.5 Å². The van der Waals surface area contributed by atoms with Crippen molar-refractivity contribution in [2.75, 3.05) is 13.1 Å². The van der Waals surface area contributed by atoms with Crippen molar-refractivity contribution in [3.05, 3.63) is 35.9 Å². The van der Waals surface area contributed by atoms with Gasteiger partial charge in [-0.15, -0.1) is 0 Å². The average molecular weight is 275 g/mol. The molecule has 1 saturated heterocycles. The molecular weight excluding hydrogens is 250 g/mol. The van der Waals surface area contributed by atoms with Gasteiger partial charge in [-0.1, -0.05) is 30.3 Å². The van der Waals surface area contributed by atoms with Crippen LogP contribution in [-0.4, -0.2) is 36.1 Å². The third-order valence-electron chi connectivity index (χ3n) is 3.89. The summed E-state index contributed by atoms with van der Waals surface area (Å²) < 4.78 is 0. The van der Waals surface area contributed by atoms with Crippen molar-refractivity contribution in [1.82, 2.24) is 15.5 Å². The van der Waals surface area contributed by atoms with E-state index in [1.807, 2.05) is 30.3 Å². The molecule has 2 amide bonds. The fourth-order valence-corrected chi connectivity index (χ4v) is 2.57. The second kappa shape index (κ2) is 7.29. The maximum Gasteiger partial charge on any atom is 0.315 e. The molecule has 2 rings (SSSR count). The van der Waals surface area contributed by atoms with Crippen LogP contribution >= 0.6 is 0 Å². The summed E-state index contributed by atoms with van der Waals surface area (Å²) in [5.41, 5.74) is 1.12. The van der Waals surface area contributed by atoms with Crippen LogP contribution in [0.5, 0.6) is 0 Å². The fourth-order valence-electron chi connectivity index (χ4n) is 2.57. The second-order valence-electron chi connectivity index (χ2n) is 5.72. The Bertz CT molecular complexity index is 411. The monoisotopic (exact) mass is 275 g/mol. The van der Waals surface area contributed by atoms with E-state index < -0.39 is 0 Å². The van der Waals surface area contributed by atoms with Crippen LogP contribution in [0.2, 0.25) is 0 Å². The first kappa shape index (κ1) is 14.9. The highest BCUT2D eigenvalue weighted by molar-refractivity contribution is 5.74. The molecule has 1 fully saturated rings. The van der Waals surface area contributed by atoms with Crippen molar-refractivity contribution < 1.29 is 4.79 Å². The zero-order valence-corrected chi connectivity index (χ0v) is 12.4. The third kappa shape index (κ3) is 4.53. The normalized spacial score (nSPS) is 17.1. The Morgan fingerprint density at radius 3 is 2.50 bits per heavy atom. The molecule has 4 heteroatoms. The number of nitrogens with one attached hydrogen (secondary N) is 2. The van der Waals surface area contributed by atoms with Gasteiger partial charge in [-0.2, -0.15) is 0 Å². The highest BCUT2D eigenvalue weighted by atomic mass is 16.2. The standard InChI is InChI=1S/C16H25N3O/c1-13(2)19-10-8-15(9-11-19)18-16(20)17-12-14-6-4-3-5-7-14/h3-7,13,15H,8-12H2,1-2H3,(H2,17,18,20). The Balaban J connectivity index is 1.68. The smallest absolute Gasteiger partial charge is 0.315 e. The predicted octanol–water partition coefficient (Wildman–Crippen LogP) is 2.36. The Morgan fingerprint density at radius 2 is 1.90 bits per heavy atom. The number of rotatable bonds is 4. The number of hydrogen-bond donors (Lipinski definition) is 2. The largest absolute Gasteiger partial charge is 0.335 e. The molecule has 1 heterocycles. The SMILES string of the molecule is CC(C)N1CCC(NC(=O)NCc2ccccc2)CC1. The number of benzene rings is 1. The van der Waals surface area contributed by atoms with Crippen molar-refractivity contribution in [1.29, 1.82) is 0 Å². The van der Waals surface area contributed by atoms with Crippen molar-refractivity contribution in [2.24, 2.45) is 0 Å². The summed E-state index contributed by atoms with van der Waals surface area (Å²) in [4.78, 5) is 14.3. The van der Waals surface area contributed by atoms with Gasteiger partial charge in [-0.05, 0) is 32.3 Å². The van der Waals surface area contributed by atoms with Crippen LogP contribution in [0.4, 0.5) is 4.79 Å². The molecule has 0 spiro atoms. The average Bonchev–Trinajstić information content (AvgIpc) is 2.47. The van der Waals surface area contributed by atoms with Gasteiger partial charge >= 0.3 is 6.03 Å². The van der Waals surface area contributed by atoms with Gasteiger partial charge in [-0.25, -0.2) is 4.79 Å². The zero-order chi connectivity index (χ0) is 14.4. The molecule has 0 atom stereocenters. The quantitative estimate of drug-likeness (QED) is 0.886. The van der Waals surface area contributed by atoms with Gasteiger partial charge in [0.1, 0.15) is 0 Å². The van der Waals surface area contributed by atoms with Crippen LogP contribution < -0.4 is 10.6 Å². The van der Waals surface area contributed by atoms with Gasteiger partial charge in [0.05, 0.1) is 0 Å². The molecular formula is C16H25N3O. The molecule has 2 N–H and O–H groups in total. The Kier molecular flexibility index (Phi) is 5.41. The molecule has 1 aliphatic rings. The molecule has 0 saturated carbocycles. The van der Waals surface area contributed by atoms with Crippen LogP contribution in [0.1, 0.15) is 32.3 Å². The maximum atomic E-state index is 11.9. The first-order valence-corrected chi connectivity index (χ1v) is 7.47. The topological polar surface area (TPSA) is 44.4 Å². The number of piperidine rings is 1. The van der Waals surface area contributed by atoms with Crippen LogP contribution in [-0.2, 0) is 6.54 Å². The molecule has 0 aromatic heterocycles. The lowest BCUT2D eigenvalue weighted by molar-refractivity contribution is 0.161. The highest BCUT2D eigenvalue weighted by Gasteiger charge is 2.21. The molecule has 1 aromatic rings. The lowest BCUT2D eigenvalue weighted by atomic mass is 10.0. The zero-order valence-electron chi connectivity index (χ0n) is 12.4. The van der Waals surface area contributed by atoms with Gasteiger partial charge in [0.15, 0.2) is 0 Å². The number of nitrogens with zero attached hydrogens (tertiary/aromatic N) is 1. The minimum Gasteiger partial charge on any atom is -0.335 e. The number of urea groups is 1. The van der Waals surface area contributed by atoms with Crippen LogP contribution in [0.15, 0.2) is 30.3 Å². The Hall–Kier alpha value is -1.55. The van der Waals surface area contributed by atoms with E-state index in [1.165, 1.54) is 0 Å². The number of amides is 2. The summed E-state index contributed by atoms with van der Waals surface area (Å²) in [6.07, 6.45) is 2.08. The molecule has 0 unspecified atom stereocenters. The van der Waals surface area contributed by atoms with Gasteiger partial charge in [0, 0.05) is 31.7 Å².